The van der Waals surface area contributed by atoms with Gasteiger partial charge in [0, 0.05) is 30.6 Å². The number of esters is 2. The number of methoxy groups -OCH3 is 1. The van der Waals surface area contributed by atoms with Crippen LogP contribution in [0.1, 0.15) is 22.0 Å². The normalized spacial score (nSPS) is 15.8. The molecule has 0 saturated carbocycles. The van der Waals surface area contributed by atoms with E-state index in [4.69, 9.17) is 14.2 Å². The molecule has 1 aliphatic rings. The maximum absolute atomic E-state index is 13.2. The Bertz CT molecular complexity index is 1510. The van der Waals surface area contributed by atoms with Gasteiger partial charge in [-0.15, -0.1) is 11.3 Å². The first-order valence-corrected chi connectivity index (χ1v) is 16.5. The van der Waals surface area contributed by atoms with Gasteiger partial charge in [-0.1, -0.05) is 6.07 Å². The molecule has 0 amide bonds. The van der Waals surface area contributed by atoms with Gasteiger partial charge in [0.2, 0.25) is 0 Å². The lowest BCUT2D eigenvalue weighted by molar-refractivity contribution is -0.142. The molecule has 0 aliphatic carbocycles. The van der Waals surface area contributed by atoms with E-state index in [0.29, 0.717) is 11.1 Å². The molecule has 0 radical (unpaired) electrons. The molecule has 1 aromatic heterocycles. The number of rotatable bonds is 10. The van der Waals surface area contributed by atoms with Crippen LogP contribution in [0.2, 0.25) is 0 Å². The average Bonchev–Trinajstić information content (AvgIpc) is 3.34. The summed E-state index contributed by atoms with van der Waals surface area (Å²) in [6.45, 7) is -0.905. The van der Waals surface area contributed by atoms with Crippen molar-refractivity contribution in [2.45, 2.75) is 6.04 Å². The van der Waals surface area contributed by atoms with Gasteiger partial charge in [-0.05, 0) is 40.8 Å². The van der Waals surface area contributed by atoms with Crippen molar-refractivity contribution in [1.29, 1.82) is 0 Å². The van der Waals surface area contributed by atoms with Gasteiger partial charge in [-0.25, -0.2) is 26.4 Å². The zero-order valence-corrected chi connectivity index (χ0v) is 24.2. The monoisotopic (exact) mass is 599 g/mol. The largest absolute Gasteiger partial charge is 0.504 e. The molecule has 2 aromatic rings. The first-order chi connectivity index (χ1) is 18.2. The molecule has 1 unspecified atom stereocenters. The number of nitrogens with zero attached hydrogens (tertiary/aromatic N) is 1. The topological polar surface area (TPSA) is 154 Å². The number of carbonyl (C=O) groups is 2. The number of benzene rings is 1. The Balaban J connectivity index is 2.17. The lowest BCUT2D eigenvalue weighted by Crippen LogP contribution is -2.27. The first kappa shape index (κ1) is 30.2. The van der Waals surface area contributed by atoms with Crippen molar-refractivity contribution in [1.82, 2.24) is 4.90 Å². The summed E-state index contributed by atoms with van der Waals surface area (Å²) in [5.41, 5.74) is 0.493. The van der Waals surface area contributed by atoms with E-state index < -0.39 is 62.4 Å². The Labute approximate surface area is 231 Å². The Hall–Kier alpha value is -3.36. The fourth-order valence-electron chi connectivity index (χ4n) is 3.79. The summed E-state index contributed by atoms with van der Waals surface area (Å²) in [4.78, 5) is 28.9. The molecule has 11 nitrogen and oxygen atoms in total. The Morgan fingerprint density at radius 1 is 1.00 bits per heavy atom. The van der Waals surface area contributed by atoms with Gasteiger partial charge in [-0.2, -0.15) is 0 Å². The Kier molecular flexibility index (Phi) is 9.46. The second-order valence-electron chi connectivity index (χ2n) is 8.87. The molecule has 1 atom stereocenters. The van der Waals surface area contributed by atoms with Gasteiger partial charge in [0.05, 0.1) is 35.8 Å². The van der Waals surface area contributed by atoms with Gasteiger partial charge >= 0.3 is 11.9 Å². The molecule has 2 heterocycles. The second kappa shape index (κ2) is 12.2. The van der Waals surface area contributed by atoms with Crippen LogP contribution in [-0.2, 0) is 38.7 Å². The first-order valence-electron chi connectivity index (χ1n) is 11.5. The molecule has 1 aliphatic heterocycles. The van der Waals surface area contributed by atoms with E-state index in [1.807, 2.05) is 17.5 Å². The van der Waals surface area contributed by atoms with E-state index >= 15 is 0 Å². The van der Waals surface area contributed by atoms with Crippen LogP contribution in [0.5, 0.6) is 11.5 Å². The van der Waals surface area contributed by atoms with Crippen molar-refractivity contribution in [3.05, 3.63) is 63.0 Å². The summed E-state index contributed by atoms with van der Waals surface area (Å²) in [5, 5.41) is 12.4. The Morgan fingerprint density at radius 2 is 1.59 bits per heavy atom. The van der Waals surface area contributed by atoms with Crippen molar-refractivity contribution < 1.29 is 45.7 Å². The summed E-state index contributed by atoms with van der Waals surface area (Å²) < 4.78 is 61.8. The quantitative estimate of drug-likeness (QED) is 0.399. The molecule has 0 spiro atoms. The molecule has 0 fully saturated rings. The predicted molar refractivity (Wildman–Crippen MR) is 146 cm³/mol. The average molecular weight is 600 g/mol. The molecule has 1 aromatic carbocycles. The summed E-state index contributed by atoms with van der Waals surface area (Å²) in [6, 6.07) is 6.27. The van der Waals surface area contributed by atoms with Crippen LogP contribution in [0, 0.1) is 0 Å². The molecule has 14 heteroatoms. The lowest BCUT2D eigenvalue weighted by Gasteiger charge is -2.31. The van der Waals surface area contributed by atoms with Crippen LogP contribution in [-0.4, -0.2) is 90.2 Å². The lowest BCUT2D eigenvalue weighted by atomic mass is 9.92. The van der Waals surface area contributed by atoms with Gasteiger partial charge < -0.3 is 24.2 Å². The SMILES string of the molecule is COc1cc2c(cc1O)C=C(C(=O)OCCS(C)(=O)=O)C(C(=O)OCCS(C)(=O)=O)=CN(C)C2c1cccs1. The van der Waals surface area contributed by atoms with Gasteiger partial charge in [0.25, 0.3) is 0 Å². The standard InChI is InChI=1S/C25H29NO10S3/c1-26-15-19(25(29)36-8-11-39(4,32)33)18(24(28)35-7-10-38(3,30)31)12-16-13-20(27)21(34-2)14-17(16)23(26)22-6-5-9-37-22/h5-6,9,12-15,23,27H,7-8,10-11H2,1-4H3. The number of ether oxygens (including phenoxy) is 3. The molecule has 212 valence electrons. The van der Waals surface area contributed by atoms with E-state index in [1.54, 1.807) is 18.0 Å². The third-order valence-electron chi connectivity index (χ3n) is 5.64. The van der Waals surface area contributed by atoms with Crippen molar-refractivity contribution in [3.63, 3.8) is 0 Å². The van der Waals surface area contributed by atoms with Crippen LogP contribution in [0.25, 0.3) is 6.08 Å². The smallest absolute Gasteiger partial charge is 0.340 e. The number of fused-ring (bicyclic) bond motifs is 1. The summed E-state index contributed by atoms with van der Waals surface area (Å²) in [7, 11) is -3.79. The van der Waals surface area contributed by atoms with Crippen LogP contribution in [0.3, 0.4) is 0 Å². The minimum absolute atomic E-state index is 0.194. The minimum Gasteiger partial charge on any atom is -0.504 e. The molecular weight excluding hydrogens is 570 g/mol. The molecule has 3 rings (SSSR count). The molecular formula is C25H29NO10S3. The number of phenols is 1. The van der Waals surface area contributed by atoms with Crippen LogP contribution in [0.15, 0.2) is 47.0 Å². The Morgan fingerprint density at radius 3 is 2.10 bits per heavy atom. The second-order valence-corrected chi connectivity index (χ2v) is 14.4. The van der Waals surface area contributed by atoms with E-state index in [0.717, 1.165) is 17.4 Å². The zero-order valence-electron chi connectivity index (χ0n) is 21.7. The van der Waals surface area contributed by atoms with E-state index in [9.17, 15) is 31.5 Å². The highest BCUT2D eigenvalue weighted by molar-refractivity contribution is 7.90. The summed E-state index contributed by atoms with van der Waals surface area (Å²) >= 11 is 1.45. The van der Waals surface area contributed by atoms with Crippen molar-refractivity contribution in [3.8, 4) is 11.5 Å². The van der Waals surface area contributed by atoms with E-state index in [-0.39, 0.29) is 22.6 Å². The number of carbonyl (C=O) groups excluding carboxylic acids is 2. The summed E-state index contributed by atoms with van der Waals surface area (Å²) in [5.74, 6) is -2.87. The van der Waals surface area contributed by atoms with Crippen molar-refractivity contribution in [2.24, 2.45) is 0 Å². The van der Waals surface area contributed by atoms with Crippen LogP contribution >= 0.6 is 11.3 Å². The zero-order chi connectivity index (χ0) is 29.0. The van der Waals surface area contributed by atoms with Crippen LogP contribution < -0.4 is 4.74 Å². The number of sulfone groups is 2. The van der Waals surface area contributed by atoms with Gasteiger partial charge in [0.15, 0.2) is 31.2 Å². The van der Waals surface area contributed by atoms with Crippen LogP contribution in [0.4, 0.5) is 0 Å². The number of aromatic hydroxyl groups is 1. The maximum Gasteiger partial charge on any atom is 0.340 e. The highest BCUT2D eigenvalue weighted by Crippen LogP contribution is 2.41. The number of hydrogen-bond acceptors (Lipinski definition) is 12. The number of hydrogen-bond donors (Lipinski definition) is 1. The third kappa shape index (κ3) is 8.07. The maximum atomic E-state index is 13.2. The molecule has 0 saturated heterocycles. The van der Waals surface area contributed by atoms with Gasteiger partial charge in [0.1, 0.15) is 13.2 Å². The fraction of sp³-hybridized carbons (Fsp3) is 0.360. The van der Waals surface area contributed by atoms with Crippen molar-refractivity contribution in [2.75, 3.05) is 51.4 Å². The minimum atomic E-state index is -3.44. The summed E-state index contributed by atoms with van der Waals surface area (Å²) in [6.07, 6.45) is 4.72. The molecule has 1 N–H and O–H groups in total. The van der Waals surface area contributed by atoms with E-state index in [2.05, 4.69) is 0 Å². The highest BCUT2D eigenvalue weighted by Gasteiger charge is 2.31. The molecule has 0 bridgehead atoms. The van der Waals surface area contributed by atoms with Gasteiger partial charge in [-0.3, -0.25) is 0 Å². The molecule has 39 heavy (non-hydrogen) atoms. The highest BCUT2D eigenvalue weighted by atomic mass is 32.2. The predicted octanol–water partition coefficient (Wildman–Crippen LogP) is 1.94. The number of thiophene rings is 1. The number of phenolic OH excluding ortho intramolecular Hbond substituents is 1. The van der Waals surface area contributed by atoms with E-state index in [1.165, 1.54) is 36.8 Å². The van der Waals surface area contributed by atoms with Crippen molar-refractivity contribution >= 4 is 49.0 Å². The third-order valence-corrected chi connectivity index (χ3v) is 8.38. The fourth-order valence-corrected chi connectivity index (χ4v) is 5.45.